The highest BCUT2D eigenvalue weighted by molar-refractivity contribution is 7.89. The summed E-state index contributed by atoms with van der Waals surface area (Å²) in [5.74, 6) is 0. The molecule has 1 aromatic carbocycles. The van der Waals surface area contributed by atoms with Gasteiger partial charge < -0.3 is 10.4 Å². The Balaban J connectivity index is 2.45. The van der Waals surface area contributed by atoms with Gasteiger partial charge in [-0.15, -0.1) is 0 Å². The molecule has 0 atom stereocenters. The average Bonchev–Trinajstić information content (AvgIpc) is 3.28. The van der Waals surface area contributed by atoms with E-state index in [0.29, 0.717) is 0 Å². The van der Waals surface area contributed by atoms with Gasteiger partial charge in [-0.25, -0.2) is 8.42 Å². The number of nitrogens with one attached hydrogen (secondary N) is 1. The lowest BCUT2D eigenvalue weighted by Gasteiger charge is -2.22. The molecule has 1 aliphatic rings. The van der Waals surface area contributed by atoms with Gasteiger partial charge in [-0.3, -0.25) is 10.1 Å². The van der Waals surface area contributed by atoms with Crippen LogP contribution >= 0.6 is 0 Å². The maximum atomic E-state index is 12.7. The Morgan fingerprint density at radius 3 is 2.62 bits per heavy atom. The first kappa shape index (κ1) is 15.7. The summed E-state index contributed by atoms with van der Waals surface area (Å²) < 4.78 is 26.6. The summed E-state index contributed by atoms with van der Waals surface area (Å²) in [5, 5.41) is 22.5. The van der Waals surface area contributed by atoms with Crippen molar-refractivity contribution in [1.29, 1.82) is 0 Å². The minimum Gasteiger partial charge on any atom is -0.395 e. The normalized spacial score (nSPS) is 15.2. The van der Waals surface area contributed by atoms with Crippen LogP contribution in [0.4, 0.5) is 11.4 Å². The Morgan fingerprint density at radius 1 is 1.48 bits per heavy atom. The van der Waals surface area contributed by atoms with Gasteiger partial charge in [-0.2, -0.15) is 4.31 Å². The first-order chi connectivity index (χ1) is 9.91. The van der Waals surface area contributed by atoms with Crippen LogP contribution in [-0.2, 0) is 10.0 Å². The smallest absolute Gasteiger partial charge is 0.271 e. The molecule has 0 bridgehead atoms. The van der Waals surface area contributed by atoms with Crippen LogP contribution in [0.5, 0.6) is 0 Å². The van der Waals surface area contributed by atoms with Gasteiger partial charge in [-0.1, -0.05) is 0 Å². The number of aliphatic hydroxyl groups is 1. The van der Waals surface area contributed by atoms with Crippen molar-refractivity contribution in [1.82, 2.24) is 4.31 Å². The van der Waals surface area contributed by atoms with Crippen LogP contribution < -0.4 is 5.32 Å². The van der Waals surface area contributed by atoms with E-state index >= 15 is 0 Å². The van der Waals surface area contributed by atoms with Gasteiger partial charge >= 0.3 is 0 Å². The van der Waals surface area contributed by atoms with Gasteiger partial charge in [0.2, 0.25) is 10.0 Å². The van der Waals surface area contributed by atoms with E-state index in [1.165, 1.54) is 23.5 Å². The number of aliphatic hydroxyl groups excluding tert-OH is 1. The van der Waals surface area contributed by atoms with Gasteiger partial charge in [0.1, 0.15) is 4.90 Å². The fourth-order valence-corrected chi connectivity index (χ4v) is 4.00. The van der Waals surface area contributed by atoms with Gasteiger partial charge in [0.15, 0.2) is 0 Å². The van der Waals surface area contributed by atoms with Crippen LogP contribution in [0.2, 0.25) is 0 Å². The standard InChI is InChI=1S/C12H17N3O5S/c1-13-11-8-10(15(17)18)4-5-12(11)21(19,20)14(6-7-16)9-2-3-9/h4-5,8-9,13,16H,2-3,6-7H2,1H3. The highest BCUT2D eigenvalue weighted by Gasteiger charge is 2.38. The zero-order valence-corrected chi connectivity index (χ0v) is 12.3. The van der Waals surface area contributed by atoms with Crippen LogP contribution in [0.25, 0.3) is 0 Å². The maximum absolute atomic E-state index is 12.7. The Hall–Kier alpha value is -1.71. The van der Waals surface area contributed by atoms with E-state index < -0.39 is 14.9 Å². The average molecular weight is 315 g/mol. The molecule has 0 heterocycles. The molecule has 1 saturated carbocycles. The zero-order chi connectivity index (χ0) is 15.6. The Morgan fingerprint density at radius 2 is 2.14 bits per heavy atom. The second-order valence-electron chi connectivity index (χ2n) is 4.76. The van der Waals surface area contributed by atoms with E-state index in [4.69, 9.17) is 5.11 Å². The number of benzene rings is 1. The number of non-ortho nitro benzene ring substituents is 1. The van der Waals surface area contributed by atoms with E-state index in [2.05, 4.69) is 5.32 Å². The van der Waals surface area contributed by atoms with E-state index in [0.717, 1.165) is 18.9 Å². The molecule has 9 heteroatoms. The van der Waals surface area contributed by atoms with E-state index in [1.807, 2.05) is 0 Å². The van der Waals surface area contributed by atoms with Crippen LogP contribution in [-0.4, -0.2) is 49.0 Å². The molecule has 0 amide bonds. The van der Waals surface area contributed by atoms with Gasteiger partial charge in [0, 0.05) is 31.8 Å². The Bertz CT molecular complexity index is 642. The largest absolute Gasteiger partial charge is 0.395 e. The van der Waals surface area contributed by atoms with Crippen molar-refractivity contribution in [3.8, 4) is 0 Å². The molecule has 2 rings (SSSR count). The second kappa shape index (κ2) is 5.96. The molecular formula is C12H17N3O5S. The number of nitrogens with zero attached hydrogens (tertiary/aromatic N) is 2. The quantitative estimate of drug-likeness (QED) is 0.568. The number of sulfonamides is 1. The van der Waals surface area contributed by atoms with Crippen molar-refractivity contribution < 1.29 is 18.4 Å². The predicted molar refractivity (Wildman–Crippen MR) is 76.6 cm³/mol. The third-order valence-corrected chi connectivity index (χ3v) is 5.31. The Kier molecular flexibility index (Phi) is 4.45. The van der Waals surface area contributed by atoms with Gasteiger partial charge in [-0.05, 0) is 18.9 Å². The molecule has 21 heavy (non-hydrogen) atoms. The summed E-state index contributed by atoms with van der Waals surface area (Å²) in [6.07, 6.45) is 1.53. The number of nitro benzene ring substituents is 1. The van der Waals surface area contributed by atoms with Gasteiger partial charge in [0.25, 0.3) is 5.69 Å². The van der Waals surface area contributed by atoms with E-state index in [1.54, 1.807) is 0 Å². The number of hydrogen-bond donors (Lipinski definition) is 2. The minimum atomic E-state index is -3.80. The summed E-state index contributed by atoms with van der Waals surface area (Å²) in [7, 11) is -2.29. The van der Waals surface area contributed by atoms with Crippen molar-refractivity contribution in [3.05, 3.63) is 28.3 Å². The monoisotopic (exact) mass is 315 g/mol. The highest BCUT2D eigenvalue weighted by Crippen LogP contribution is 2.35. The molecule has 0 radical (unpaired) electrons. The van der Waals surface area contributed by atoms with Crippen molar-refractivity contribution in [3.63, 3.8) is 0 Å². The molecule has 1 fully saturated rings. The number of rotatable bonds is 7. The van der Waals surface area contributed by atoms with Crippen molar-refractivity contribution in [2.75, 3.05) is 25.5 Å². The molecule has 0 saturated heterocycles. The maximum Gasteiger partial charge on any atom is 0.271 e. The molecule has 1 aromatic rings. The zero-order valence-electron chi connectivity index (χ0n) is 11.5. The summed E-state index contributed by atoms with van der Waals surface area (Å²) in [4.78, 5) is 10.2. The third-order valence-electron chi connectivity index (χ3n) is 3.30. The summed E-state index contributed by atoms with van der Waals surface area (Å²) in [5.41, 5.74) is -0.00813. The van der Waals surface area contributed by atoms with Crippen LogP contribution in [0.1, 0.15) is 12.8 Å². The molecule has 0 spiro atoms. The minimum absolute atomic E-state index is 0.0176. The number of nitro groups is 1. The van der Waals surface area contributed by atoms with E-state index in [9.17, 15) is 18.5 Å². The van der Waals surface area contributed by atoms with Crippen LogP contribution in [0.3, 0.4) is 0 Å². The van der Waals surface area contributed by atoms with Gasteiger partial charge in [0.05, 0.1) is 17.2 Å². The van der Waals surface area contributed by atoms with Crippen molar-refractivity contribution in [2.24, 2.45) is 0 Å². The summed E-state index contributed by atoms with van der Waals surface area (Å²) >= 11 is 0. The van der Waals surface area contributed by atoms with Crippen molar-refractivity contribution >= 4 is 21.4 Å². The molecule has 0 aliphatic heterocycles. The van der Waals surface area contributed by atoms with E-state index in [-0.39, 0.29) is 35.5 Å². The fraction of sp³-hybridized carbons (Fsp3) is 0.500. The molecule has 0 aromatic heterocycles. The summed E-state index contributed by atoms with van der Waals surface area (Å²) in [6, 6.07) is 3.49. The molecule has 8 nitrogen and oxygen atoms in total. The lowest BCUT2D eigenvalue weighted by Crippen LogP contribution is -2.35. The topological polar surface area (TPSA) is 113 Å². The first-order valence-electron chi connectivity index (χ1n) is 6.50. The van der Waals surface area contributed by atoms with Crippen LogP contribution in [0.15, 0.2) is 23.1 Å². The molecular weight excluding hydrogens is 298 g/mol. The lowest BCUT2D eigenvalue weighted by atomic mass is 10.3. The fourth-order valence-electron chi connectivity index (χ4n) is 2.14. The second-order valence-corrected chi connectivity index (χ2v) is 6.62. The number of anilines is 1. The molecule has 2 N–H and O–H groups in total. The molecule has 0 unspecified atom stereocenters. The van der Waals surface area contributed by atoms with Crippen LogP contribution in [0, 0.1) is 10.1 Å². The number of hydrogen-bond acceptors (Lipinski definition) is 6. The molecule has 116 valence electrons. The first-order valence-corrected chi connectivity index (χ1v) is 7.94. The Labute approximate surface area is 122 Å². The third kappa shape index (κ3) is 3.14. The van der Waals surface area contributed by atoms with Crippen molar-refractivity contribution in [2.45, 2.75) is 23.8 Å². The summed E-state index contributed by atoms with van der Waals surface area (Å²) in [6.45, 7) is -0.245. The predicted octanol–water partition coefficient (Wildman–Crippen LogP) is 0.782. The highest BCUT2D eigenvalue weighted by atomic mass is 32.2. The lowest BCUT2D eigenvalue weighted by molar-refractivity contribution is -0.384. The molecule has 1 aliphatic carbocycles. The SMILES string of the molecule is CNc1cc([N+](=O)[O-])ccc1S(=O)(=O)N(CCO)C1CC1.